The number of ether oxygens (including phenoxy) is 7. The second-order valence-electron chi connectivity index (χ2n) is 23.8. The van der Waals surface area contributed by atoms with Crippen LogP contribution < -0.4 is 0 Å². The van der Waals surface area contributed by atoms with Crippen molar-refractivity contribution in [3.63, 3.8) is 0 Å². The molecule has 0 radical (unpaired) electrons. The summed E-state index contributed by atoms with van der Waals surface area (Å²) in [5.74, 6) is -1.76. The van der Waals surface area contributed by atoms with Crippen LogP contribution >= 0.6 is 0 Å². The van der Waals surface area contributed by atoms with Crippen LogP contribution in [0, 0.1) is 50.2 Å². The fraction of sp³-hybridized carbons (Fsp3) is 0.917. The lowest BCUT2D eigenvalue weighted by molar-refractivity contribution is -0.395. The van der Waals surface area contributed by atoms with Crippen molar-refractivity contribution in [3.05, 3.63) is 11.6 Å². The van der Waals surface area contributed by atoms with Crippen molar-refractivity contribution in [2.45, 2.75) is 217 Å². The summed E-state index contributed by atoms with van der Waals surface area (Å²) in [4.78, 5) is 26.5. The number of carboxylic acids is 1. The van der Waals surface area contributed by atoms with Gasteiger partial charge in [-0.3, -0.25) is 4.79 Å². The highest BCUT2D eigenvalue weighted by molar-refractivity contribution is 5.83. The molecule has 0 aromatic carbocycles. The molecule has 0 aromatic heterocycles. The first-order valence-electron chi connectivity index (χ1n) is 24.3. The number of allylic oxidation sites excluding steroid dienone is 1. The van der Waals surface area contributed by atoms with Crippen LogP contribution in [0.3, 0.4) is 0 Å². The molecule has 25 unspecified atom stereocenters. The summed E-state index contributed by atoms with van der Waals surface area (Å²) in [6, 6.07) is 0. The minimum Gasteiger partial charge on any atom is -0.479 e. The molecule has 1 spiro atoms. The molecule has 10 N–H and O–H groups in total. The van der Waals surface area contributed by atoms with Crippen molar-refractivity contribution < 1.29 is 93.8 Å². The quantitative estimate of drug-likeness (QED) is 0.0886. The number of fused-ring (bicyclic) bond motifs is 8. The van der Waals surface area contributed by atoms with Gasteiger partial charge in [0, 0.05) is 11.8 Å². The summed E-state index contributed by atoms with van der Waals surface area (Å²) in [5, 5.41) is 108. The Bertz CT molecular complexity index is 1950. The predicted molar refractivity (Wildman–Crippen MR) is 229 cm³/mol. The fourth-order valence-electron chi connectivity index (χ4n) is 15.7. The molecule has 25 atom stereocenters. The fourth-order valence-corrected chi connectivity index (χ4v) is 15.7. The van der Waals surface area contributed by atoms with Gasteiger partial charge in [0.1, 0.15) is 72.6 Å². The van der Waals surface area contributed by atoms with Crippen molar-refractivity contribution in [3.8, 4) is 0 Å². The first kappa shape index (κ1) is 50.0. The third-order valence-corrected chi connectivity index (χ3v) is 19.5. The smallest absolute Gasteiger partial charge is 0.335 e. The molecule has 0 amide bonds. The van der Waals surface area contributed by atoms with Gasteiger partial charge in [-0.1, -0.05) is 60.1 Å². The second kappa shape index (κ2) is 16.8. The third-order valence-electron chi connectivity index (χ3n) is 19.5. The van der Waals surface area contributed by atoms with Crippen molar-refractivity contribution >= 4 is 11.9 Å². The zero-order valence-corrected chi connectivity index (χ0v) is 39.7. The maximum absolute atomic E-state index is 14.0. The first-order valence-corrected chi connectivity index (χ1v) is 24.3. The van der Waals surface area contributed by atoms with Crippen LogP contribution in [0.1, 0.15) is 107 Å². The molecule has 8 fully saturated rings. The molecule has 380 valence electrons. The van der Waals surface area contributed by atoms with Gasteiger partial charge in [-0.15, -0.1) is 0 Å². The molecule has 67 heavy (non-hydrogen) atoms. The number of aliphatic carboxylic acids is 1. The van der Waals surface area contributed by atoms with E-state index in [2.05, 4.69) is 54.5 Å². The van der Waals surface area contributed by atoms with Crippen LogP contribution in [0.5, 0.6) is 0 Å². The Morgan fingerprint density at radius 3 is 2.01 bits per heavy atom. The summed E-state index contributed by atoms with van der Waals surface area (Å²) in [6.07, 6.45) is -20.0. The number of aliphatic hydroxyl groups is 9. The van der Waals surface area contributed by atoms with Crippen molar-refractivity contribution in [2.75, 3.05) is 6.61 Å². The highest BCUT2D eigenvalue weighted by Gasteiger charge is 2.77. The number of carbonyl (C=O) groups excluding carboxylic acids is 1. The zero-order chi connectivity index (χ0) is 48.9. The molecule has 19 heteroatoms. The van der Waals surface area contributed by atoms with Gasteiger partial charge in [-0.05, 0) is 91.3 Å². The topological polar surface area (TPSA) is 301 Å². The van der Waals surface area contributed by atoms with E-state index in [0.717, 1.165) is 25.7 Å². The molecule has 4 saturated heterocycles. The number of hydrogen-bond acceptors (Lipinski definition) is 18. The minimum absolute atomic E-state index is 0.0490. The molecule has 19 nitrogen and oxygen atoms in total. The average Bonchev–Trinajstić information content (AvgIpc) is 3.58. The van der Waals surface area contributed by atoms with Crippen LogP contribution in [0.15, 0.2) is 11.6 Å². The van der Waals surface area contributed by atoms with Gasteiger partial charge in [0.05, 0.1) is 24.9 Å². The minimum atomic E-state index is -2.05. The van der Waals surface area contributed by atoms with E-state index in [1.165, 1.54) is 12.5 Å². The van der Waals surface area contributed by atoms with Gasteiger partial charge in [-0.2, -0.15) is 0 Å². The van der Waals surface area contributed by atoms with Crippen LogP contribution in [0.2, 0.25) is 0 Å². The van der Waals surface area contributed by atoms with Gasteiger partial charge in [0.25, 0.3) is 0 Å². The lowest BCUT2D eigenvalue weighted by Gasteiger charge is -2.71. The normalized spacial score (nSPS) is 55.5. The molecule has 5 aliphatic carbocycles. The Morgan fingerprint density at radius 2 is 1.36 bits per heavy atom. The van der Waals surface area contributed by atoms with Crippen molar-refractivity contribution in [1.29, 1.82) is 0 Å². The summed E-state index contributed by atoms with van der Waals surface area (Å²) >= 11 is 0. The molecule has 4 aliphatic heterocycles. The molecule has 9 rings (SSSR count). The number of hydrogen-bond donors (Lipinski definition) is 10. The Balaban J connectivity index is 0.993. The van der Waals surface area contributed by atoms with E-state index in [4.69, 9.17) is 33.2 Å². The SMILES string of the molecule is CC1OC(OC2C(OC3C(OC4CCC5(C)C(CCC6(C)C5CC=C5C7CC(C)(C)CC(O)C78CC(OC8=O)C56C)C4(C)C)OC(C(=O)O)C(O)C3O)OC(CO)C(O)C2O)C(O)C(O)C1O. The van der Waals surface area contributed by atoms with Gasteiger partial charge < -0.3 is 84.2 Å². The number of esters is 1. The molecule has 9 aliphatic rings. The van der Waals surface area contributed by atoms with E-state index in [-0.39, 0.29) is 46.1 Å². The van der Waals surface area contributed by atoms with Crippen LogP contribution in [0.25, 0.3) is 0 Å². The second-order valence-corrected chi connectivity index (χ2v) is 23.8. The third kappa shape index (κ3) is 7.21. The van der Waals surface area contributed by atoms with Gasteiger partial charge in [-0.25, -0.2) is 4.79 Å². The molecular formula is C48H74O19. The monoisotopic (exact) mass is 954 g/mol. The van der Waals surface area contributed by atoms with Crippen molar-refractivity contribution in [2.24, 2.45) is 50.2 Å². The lowest BCUT2D eigenvalue weighted by Crippen LogP contribution is -2.68. The summed E-state index contributed by atoms with van der Waals surface area (Å²) < 4.78 is 42.7. The summed E-state index contributed by atoms with van der Waals surface area (Å²) in [5.41, 5.74) is -1.46. The molecule has 4 saturated carbocycles. The van der Waals surface area contributed by atoms with Gasteiger partial charge in [0.15, 0.2) is 25.0 Å². The Kier molecular flexibility index (Phi) is 12.6. The highest BCUT2D eigenvalue weighted by Crippen LogP contribution is 2.77. The zero-order valence-electron chi connectivity index (χ0n) is 39.7. The van der Waals surface area contributed by atoms with E-state index < -0.39 is 133 Å². The molecular weight excluding hydrogens is 881 g/mol. The maximum Gasteiger partial charge on any atom is 0.335 e. The summed E-state index contributed by atoms with van der Waals surface area (Å²) in [7, 11) is 0. The van der Waals surface area contributed by atoms with Crippen LogP contribution in [-0.2, 0) is 42.7 Å². The largest absolute Gasteiger partial charge is 0.479 e. The molecule has 2 bridgehead atoms. The molecule has 4 heterocycles. The Labute approximate surface area is 390 Å². The molecule has 0 aromatic rings. The van der Waals surface area contributed by atoms with Crippen LogP contribution in [0.4, 0.5) is 0 Å². The van der Waals surface area contributed by atoms with Crippen LogP contribution in [-0.4, -0.2) is 180 Å². The predicted octanol–water partition coefficient (Wildman–Crippen LogP) is 0.248. The van der Waals surface area contributed by atoms with E-state index in [0.29, 0.717) is 25.7 Å². The number of carbonyl (C=O) groups is 2. The number of aliphatic hydroxyl groups excluding tert-OH is 9. The van der Waals surface area contributed by atoms with E-state index in [1.807, 2.05) is 0 Å². The Hall–Kier alpha value is -1.92. The van der Waals surface area contributed by atoms with E-state index >= 15 is 0 Å². The standard InChI is InChI=1S/C48H74O19/c1-19-28(51)30(53)34(57)39(61-19)66-36-31(54)29(52)22(18-49)62-40(36)67-37-33(56)32(55)35(38(58)59)65-41(37)63-26-12-13-45(6)23(44(26,4)5)11-14-46(7)24(45)10-9-20-21-15-43(2,3)16-25(50)48(21)17-27(47(20,46)8)64-42(48)60/h9,19,21-37,39-41,49-57H,10-18H2,1-8H3,(H,58,59). The lowest BCUT2D eigenvalue weighted by atomic mass is 9.33. The summed E-state index contributed by atoms with van der Waals surface area (Å²) in [6.45, 7) is 16.1. The highest BCUT2D eigenvalue weighted by atomic mass is 16.8. The van der Waals surface area contributed by atoms with E-state index in [1.54, 1.807) is 0 Å². The maximum atomic E-state index is 14.0. The van der Waals surface area contributed by atoms with Gasteiger partial charge >= 0.3 is 11.9 Å². The number of rotatable bonds is 8. The average molecular weight is 955 g/mol. The van der Waals surface area contributed by atoms with Gasteiger partial charge in [0.2, 0.25) is 0 Å². The van der Waals surface area contributed by atoms with Crippen molar-refractivity contribution in [1.82, 2.24) is 0 Å². The number of carboxylic acid groups (broad SMARTS) is 1. The first-order chi connectivity index (χ1) is 31.2. The van der Waals surface area contributed by atoms with E-state index in [9.17, 15) is 60.7 Å². The Morgan fingerprint density at radius 1 is 0.716 bits per heavy atom.